The molecule has 0 aliphatic rings. The maximum atomic E-state index is 12.4. The summed E-state index contributed by atoms with van der Waals surface area (Å²) in [5.41, 5.74) is 5.85. The van der Waals surface area contributed by atoms with Crippen molar-refractivity contribution >= 4 is 50.3 Å². The zero-order valence-electron chi connectivity index (χ0n) is 18.1. The molecule has 0 fully saturated rings. The minimum Gasteiger partial charge on any atom is -0.497 e. The summed E-state index contributed by atoms with van der Waals surface area (Å²) in [5.74, 6) is 0.0634. The lowest BCUT2D eigenvalue weighted by molar-refractivity contribution is -0.119. The molecule has 32 heavy (non-hydrogen) atoms. The highest BCUT2D eigenvalue weighted by Crippen LogP contribution is 2.23. The van der Waals surface area contributed by atoms with Gasteiger partial charge in [0.15, 0.2) is 0 Å². The fourth-order valence-corrected chi connectivity index (χ4v) is 4.02. The van der Waals surface area contributed by atoms with E-state index in [-0.39, 0.29) is 5.15 Å². The lowest BCUT2D eigenvalue weighted by atomic mass is 10.1. The lowest BCUT2D eigenvalue weighted by Crippen LogP contribution is -2.39. The summed E-state index contributed by atoms with van der Waals surface area (Å²) in [5, 5.41) is 4.93. The van der Waals surface area contributed by atoms with Crippen LogP contribution in [-0.2, 0) is 14.8 Å². The van der Waals surface area contributed by atoms with Gasteiger partial charge in [-0.25, -0.2) is 18.8 Å². The van der Waals surface area contributed by atoms with Crippen molar-refractivity contribution in [2.45, 2.75) is 13.8 Å². The highest BCUT2D eigenvalue weighted by Gasteiger charge is 2.21. The molecule has 1 amide bonds. The van der Waals surface area contributed by atoms with Crippen LogP contribution in [0.4, 0.5) is 5.69 Å². The van der Waals surface area contributed by atoms with E-state index in [0.29, 0.717) is 22.5 Å². The Morgan fingerprint density at radius 2 is 1.94 bits per heavy atom. The van der Waals surface area contributed by atoms with Gasteiger partial charge >= 0.3 is 0 Å². The van der Waals surface area contributed by atoms with Crippen molar-refractivity contribution < 1.29 is 17.9 Å². The van der Waals surface area contributed by atoms with Gasteiger partial charge in [0.05, 0.1) is 30.8 Å². The first-order chi connectivity index (χ1) is 15.1. The molecule has 8 nitrogen and oxygen atoms in total. The Morgan fingerprint density at radius 1 is 1.19 bits per heavy atom. The van der Waals surface area contributed by atoms with Crippen LogP contribution in [-0.4, -0.2) is 45.4 Å². The molecule has 0 aliphatic carbocycles. The van der Waals surface area contributed by atoms with Crippen molar-refractivity contribution in [3.05, 3.63) is 64.3 Å². The molecule has 1 N–H and O–H groups in total. The molecule has 0 saturated heterocycles. The Kier molecular flexibility index (Phi) is 7.00. The number of hydrogen-bond acceptors (Lipinski definition) is 6. The minimum atomic E-state index is -3.68. The van der Waals surface area contributed by atoms with Crippen molar-refractivity contribution in [3.8, 4) is 5.75 Å². The highest BCUT2D eigenvalue weighted by molar-refractivity contribution is 7.92. The molecular formula is C22H23ClN4O4S. The van der Waals surface area contributed by atoms with Gasteiger partial charge in [-0.2, -0.15) is 5.10 Å². The third-order valence-electron chi connectivity index (χ3n) is 4.86. The number of hydrazone groups is 1. The van der Waals surface area contributed by atoms with Crippen molar-refractivity contribution in [2.75, 3.05) is 24.2 Å². The predicted molar refractivity (Wildman–Crippen MR) is 127 cm³/mol. The average Bonchev–Trinajstić information content (AvgIpc) is 2.73. The van der Waals surface area contributed by atoms with Crippen LogP contribution in [0.1, 0.15) is 16.7 Å². The molecule has 3 aromatic rings. The maximum absolute atomic E-state index is 12.4. The Morgan fingerprint density at radius 3 is 2.59 bits per heavy atom. The number of carbonyl (C=O) groups is 1. The Hall–Kier alpha value is -3.17. The molecule has 0 aliphatic heterocycles. The zero-order chi connectivity index (χ0) is 23.5. The third kappa shape index (κ3) is 5.54. The average molecular weight is 475 g/mol. The van der Waals surface area contributed by atoms with Gasteiger partial charge in [-0.05, 0) is 55.3 Å². The summed E-state index contributed by atoms with van der Waals surface area (Å²) >= 11 is 6.22. The van der Waals surface area contributed by atoms with Crippen molar-refractivity contribution in [1.82, 2.24) is 10.4 Å². The van der Waals surface area contributed by atoms with E-state index < -0.39 is 22.5 Å². The molecule has 0 radical (unpaired) electrons. The van der Waals surface area contributed by atoms with E-state index in [1.807, 2.05) is 26.0 Å². The first-order valence-corrected chi connectivity index (χ1v) is 11.8. The number of nitrogens with one attached hydrogen (secondary N) is 1. The van der Waals surface area contributed by atoms with Crippen LogP contribution >= 0.6 is 11.6 Å². The number of pyridine rings is 1. The van der Waals surface area contributed by atoms with Gasteiger partial charge in [-0.3, -0.25) is 9.10 Å². The van der Waals surface area contributed by atoms with Crippen LogP contribution in [0.3, 0.4) is 0 Å². The molecule has 1 aromatic heterocycles. The van der Waals surface area contributed by atoms with Crippen molar-refractivity contribution in [3.63, 3.8) is 0 Å². The van der Waals surface area contributed by atoms with Crippen LogP contribution in [0.2, 0.25) is 5.15 Å². The Bertz CT molecular complexity index is 1310. The van der Waals surface area contributed by atoms with Crippen LogP contribution in [0.5, 0.6) is 5.75 Å². The Balaban J connectivity index is 1.75. The van der Waals surface area contributed by atoms with E-state index in [4.69, 9.17) is 16.3 Å². The number of fused-ring (bicyclic) bond motifs is 1. The second kappa shape index (κ2) is 9.54. The largest absolute Gasteiger partial charge is 0.497 e. The van der Waals surface area contributed by atoms with E-state index in [2.05, 4.69) is 15.5 Å². The number of halogens is 1. The van der Waals surface area contributed by atoms with Crippen LogP contribution < -0.4 is 14.5 Å². The van der Waals surface area contributed by atoms with Gasteiger partial charge in [0.1, 0.15) is 17.4 Å². The van der Waals surface area contributed by atoms with Gasteiger partial charge in [-0.1, -0.05) is 17.7 Å². The molecule has 0 spiro atoms. The normalized spacial score (nSPS) is 11.7. The summed E-state index contributed by atoms with van der Waals surface area (Å²) in [7, 11) is -2.11. The van der Waals surface area contributed by atoms with Crippen molar-refractivity contribution in [2.24, 2.45) is 5.10 Å². The quantitative estimate of drug-likeness (QED) is 0.321. The lowest BCUT2D eigenvalue weighted by Gasteiger charge is -2.22. The topological polar surface area (TPSA) is 101 Å². The summed E-state index contributed by atoms with van der Waals surface area (Å²) in [6, 6.07) is 12.4. The van der Waals surface area contributed by atoms with E-state index in [1.165, 1.54) is 6.21 Å². The molecule has 0 bridgehead atoms. The number of aryl methyl sites for hydroxylation is 2. The number of nitrogens with zero attached hydrogens (tertiary/aromatic N) is 3. The number of rotatable bonds is 7. The number of hydrogen-bond donors (Lipinski definition) is 1. The predicted octanol–water partition coefficient (Wildman–Crippen LogP) is 3.43. The molecule has 10 heteroatoms. The van der Waals surface area contributed by atoms with Gasteiger partial charge in [0, 0.05) is 17.0 Å². The number of carbonyl (C=O) groups excluding carboxylic acids is 1. The van der Waals surface area contributed by atoms with Gasteiger partial charge < -0.3 is 4.74 Å². The molecule has 0 saturated carbocycles. The zero-order valence-corrected chi connectivity index (χ0v) is 19.7. The number of sulfonamides is 1. The van der Waals surface area contributed by atoms with Crippen LogP contribution in [0.25, 0.3) is 10.9 Å². The molecular weight excluding hydrogens is 452 g/mol. The van der Waals surface area contributed by atoms with Crippen molar-refractivity contribution in [1.29, 1.82) is 0 Å². The molecule has 168 valence electrons. The number of amides is 1. The summed E-state index contributed by atoms with van der Waals surface area (Å²) in [6.07, 6.45) is 2.41. The molecule has 1 heterocycles. The van der Waals surface area contributed by atoms with E-state index in [1.54, 1.807) is 37.4 Å². The maximum Gasteiger partial charge on any atom is 0.260 e. The van der Waals surface area contributed by atoms with Crippen LogP contribution in [0, 0.1) is 13.8 Å². The smallest absolute Gasteiger partial charge is 0.260 e. The molecule has 0 unspecified atom stereocenters. The molecule has 2 aromatic carbocycles. The van der Waals surface area contributed by atoms with Crippen LogP contribution in [0.15, 0.2) is 47.6 Å². The molecule has 3 rings (SSSR count). The fourth-order valence-electron chi connectivity index (χ4n) is 2.98. The minimum absolute atomic E-state index is 0.205. The second-order valence-corrected chi connectivity index (χ2v) is 9.52. The SMILES string of the molecule is COc1ccc2cc(/C=N\NC(=O)CN(c3ccc(C)c(C)c3)S(C)(=O)=O)c(Cl)nc2c1. The summed E-state index contributed by atoms with van der Waals surface area (Å²) in [6.45, 7) is 3.39. The monoisotopic (exact) mass is 474 g/mol. The van der Waals surface area contributed by atoms with E-state index in [9.17, 15) is 13.2 Å². The van der Waals surface area contributed by atoms with Gasteiger partial charge in [0.25, 0.3) is 5.91 Å². The van der Waals surface area contributed by atoms with E-state index in [0.717, 1.165) is 27.1 Å². The first kappa shape index (κ1) is 23.5. The number of benzene rings is 2. The molecule has 0 atom stereocenters. The summed E-state index contributed by atoms with van der Waals surface area (Å²) in [4.78, 5) is 16.7. The first-order valence-electron chi connectivity index (χ1n) is 9.59. The Labute approximate surface area is 191 Å². The number of ether oxygens (including phenoxy) is 1. The van der Waals surface area contributed by atoms with Gasteiger partial charge in [0.2, 0.25) is 10.0 Å². The second-order valence-electron chi connectivity index (χ2n) is 7.26. The number of anilines is 1. The number of aromatic nitrogens is 1. The third-order valence-corrected chi connectivity index (χ3v) is 6.31. The van der Waals surface area contributed by atoms with Gasteiger partial charge in [-0.15, -0.1) is 0 Å². The standard InChI is InChI=1S/C22H23ClN4O4S/c1-14-5-7-18(9-15(14)2)27(32(4,29)30)13-21(28)26-24-12-17-10-16-6-8-19(31-3)11-20(16)25-22(17)23/h5-12H,13H2,1-4H3,(H,26,28)/b24-12-. The number of methoxy groups -OCH3 is 1. The fraction of sp³-hybridized carbons (Fsp3) is 0.227. The highest BCUT2D eigenvalue weighted by atomic mass is 35.5. The van der Waals surface area contributed by atoms with E-state index >= 15 is 0 Å². The summed E-state index contributed by atoms with van der Waals surface area (Å²) < 4.78 is 30.7.